The van der Waals surface area contributed by atoms with E-state index in [-0.39, 0.29) is 4.90 Å². The fraction of sp³-hybridized carbons (Fsp3) is 0.208. The highest BCUT2D eigenvalue weighted by atomic mass is 35.5. The molecule has 3 aromatic rings. The highest BCUT2D eigenvalue weighted by molar-refractivity contribution is 7.90. The third kappa shape index (κ3) is 7.09. The van der Waals surface area contributed by atoms with Gasteiger partial charge in [0, 0.05) is 29.1 Å². The molecule has 0 aliphatic carbocycles. The van der Waals surface area contributed by atoms with E-state index in [1.807, 2.05) is 30.3 Å². The average molecular weight is 474 g/mol. The summed E-state index contributed by atoms with van der Waals surface area (Å²) in [5, 5.41) is 0.531. The van der Waals surface area contributed by atoms with Crippen LogP contribution in [0.5, 0.6) is 11.5 Å². The summed E-state index contributed by atoms with van der Waals surface area (Å²) >= 11 is 6.13. The lowest BCUT2D eigenvalue weighted by Crippen LogP contribution is -2.08. The van der Waals surface area contributed by atoms with Gasteiger partial charge in [-0.25, -0.2) is 8.42 Å². The van der Waals surface area contributed by atoms with E-state index in [0.717, 1.165) is 11.8 Å². The largest absolute Gasteiger partial charge is 0.497 e. The zero-order valence-electron chi connectivity index (χ0n) is 17.8. The quantitative estimate of drug-likeness (QED) is 0.302. The van der Waals surface area contributed by atoms with Gasteiger partial charge in [-0.2, -0.15) is 0 Å². The van der Waals surface area contributed by atoms with Crippen molar-refractivity contribution in [1.82, 2.24) is 0 Å². The van der Waals surface area contributed by atoms with Crippen LogP contribution in [0.2, 0.25) is 5.02 Å². The molecule has 0 aromatic heterocycles. The smallest absolute Gasteiger partial charge is 0.175 e. The molecule has 0 spiro atoms. The van der Waals surface area contributed by atoms with Crippen molar-refractivity contribution in [2.45, 2.75) is 11.5 Å². The molecule has 168 valence electrons. The van der Waals surface area contributed by atoms with E-state index >= 15 is 0 Å². The third-order valence-corrected chi connectivity index (χ3v) is 5.78. The molecular formula is C24H24ClNO5S. The van der Waals surface area contributed by atoms with Crippen molar-refractivity contribution in [3.8, 4) is 11.5 Å². The molecule has 0 fully saturated rings. The van der Waals surface area contributed by atoms with Crippen molar-refractivity contribution < 1.29 is 22.6 Å². The van der Waals surface area contributed by atoms with Crippen LogP contribution >= 0.6 is 11.6 Å². The van der Waals surface area contributed by atoms with Gasteiger partial charge in [-0.3, -0.25) is 4.99 Å². The van der Waals surface area contributed by atoms with E-state index in [0.29, 0.717) is 47.6 Å². The van der Waals surface area contributed by atoms with Crippen molar-refractivity contribution in [2.75, 3.05) is 26.6 Å². The number of ether oxygens (including phenoxy) is 3. The average Bonchev–Trinajstić information content (AvgIpc) is 2.78. The van der Waals surface area contributed by atoms with Crippen LogP contribution in [0.1, 0.15) is 11.1 Å². The molecule has 6 nitrogen and oxygen atoms in total. The second kappa shape index (κ2) is 11.1. The van der Waals surface area contributed by atoms with Gasteiger partial charge >= 0.3 is 0 Å². The first-order chi connectivity index (χ1) is 15.3. The lowest BCUT2D eigenvalue weighted by atomic mass is 10.2. The van der Waals surface area contributed by atoms with E-state index in [1.165, 1.54) is 19.2 Å². The standard InChI is InChI=1S/C24H24ClNO5S/c1-29-22-13-21(14-23(15-22)32(2,27)28)26-16-19-8-9-20(25)12-24(19)31-11-10-30-17-18-6-4-3-5-7-18/h3-9,12-16H,10-11,17H2,1-2H3. The number of rotatable bonds is 10. The van der Waals surface area contributed by atoms with Crippen LogP contribution in [0.25, 0.3) is 0 Å². The molecule has 0 heterocycles. The molecule has 0 saturated carbocycles. The van der Waals surface area contributed by atoms with Gasteiger partial charge in [0.25, 0.3) is 0 Å². The number of hydrogen-bond donors (Lipinski definition) is 0. The van der Waals surface area contributed by atoms with Gasteiger partial charge in [-0.05, 0) is 35.9 Å². The zero-order chi connectivity index (χ0) is 23.0. The normalized spacial score (nSPS) is 11.6. The molecule has 0 aliphatic rings. The fourth-order valence-electron chi connectivity index (χ4n) is 2.82. The van der Waals surface area contributed by atoms with Crippen LogP contribution in [0.4, 0.5) is 5.69 Å². The van der Waals surface area contributed by atoms with E-state index in [2.05, 4.69) is 4.99 Å². The van der Waals surface area contributed by atoms with Crippen molar-refractivity contribution in [1.29, 1.82) is 0 Å². The van der Waals surface area contributed by atoms with Gasteiger partial charge in [0.1, 0.15) is 18.1 Å². The highest BCUT2D eigenvalue weighted by Gasteiger charge is 2.11. The van der Waals surface area contributed by atoms with Gasteiger partial charge in [0.15, 0.2) is 9.84 Å². The summed E-state index contributed by atoms with van der Waals surface area (Å²) in [4.78, 5) is 4.54. The lowest BCUT2D eigenvalue weighted by molar-refractivity contribution is 0.0889. The summed E-state index contributed by atoms with van der Waals surface area (Å²) < 4.78 is 40.5. The summed E-state index contributed by atoms with van der Waals surface area (Å²) in [5.41, 5.74) is 2.23. The summed E-state index contributed by atoms with van der Waals surface area (Å²) in [5.74, 6) is 0.957. The molecular weight excluding hydrogens is 450 g/mol. The highest BCUT2D eigenvalue weighted by Crippen LogP contribution is 2.27. The molecule has 3 aromatic carbocycles. The minimum absolute atomic E-state index is 0.132. The Bertz CT molecular complexity index is 1180. The predicted molar refractivity (Wildman–Crippen MR) is 126 cm³/mol. The molecule has 0 bridgehead atoms. The Balaban J connectivity index is 1.69. The Morgan fingerprint density at radius 3 is 2.50 bits per heavy atom. The van der Waals surface area contributed by atoms with E-state index in [4.69, 9.17) is 25.8 Å². The van der Waals surface area contributed by atoms with Crippen LogP contribution in [0.15, 0.2) is 76.6 Å². The van der Waals surface area contributed by atoms with Crippen molar-refractivity contribution in [3.05, 3.63) is 82.9 Å². The molecule has 0 unspecified atom stereocenters. The topological polar surface area (TPSA) is 74.2 Å². The number of nitrogens with zero attached hydrogens (tertiary/aromatic N) is 1. The van der Waals surface area contributed by atoms with Crippen molar-refractivity contribution in [3.63, 3.8) is 0 Å². The second-order valence-corrected chi connectivity index (χ2v) is 9.42. The van der Waals surface area contributed by atoms with Crippen LogP contribution < -0.4 is 9.47 Å². The number of aliphatic imine (C=N–C) groups is 1. The molecule has 0 atom stereocenters. The molecule has 0 amide bonds. The minimum Gasteiger partial charge on any atom is -0.497 e. The Morgan fingerprint density at radius 2 is 1.78 bits per heavy atom. The van der Waals surface area contributed by atoms with Crippen LogP contribution in [-0.2, 0) is 21.2 Å². The first-order valence-corrected chi connectivity index (χ1v) is 12.1. The summed E-state index contributed by atoms with van der Waals surface area (Å²) in [6.45, 7) is 1.25. The Kier molecular flexibility index (Phi) is 8.27. The monoisotopic (exact) mass is 473 g/mol. The van der Waals surface area contributed by atoms with Crippen molar-refractivity contribution >= 4 is 33.3 Å². The molecule has 0 N–H and O–H groups in total. The maximum atomic E-state index is 11.9. The van der Waals surface area contributed by atoms with Gasteiger partial charge in [-0.15, -0.1) is 0 Å². The minimum atomic E-state index is -3.40. The van der Waals surface area contributed by atoms with Gasteiger partial charge < -0.3 is 14.2 Å². The summed E-state index contributed by atoms with van der Waals surface area (Å²) in [6.07, 6.45) is 2.73. The number of methoxy groups -OCH3 is 1. The fourth-order valence-corrected chi connectivity index (χ4v) is 3.65. The third-order valence-electron chi connectivity index (χ3n) is 4.45. The first-order valence-electron chi connectivity index (χ1n) is 9.82. The molecule has 8 heteroatoms. The Labute approximate surface area is 193 Å². The zero-order valence-corrected chi connectivity index (χ0v) is 19.4. The maximum absolute atomic E-state index is 11.9. The van der Waals surface area contributed by atoms with E-state index in [1.54, 1.807) is 30.5 Å². The van der Waals surface area contributed by atoms with Gasteiger partial charge in [0.2, 0.25) is 0 Å². The SMILES string of the molecule is COc1cc(N=Cc2ccc(Cl)cc2OCCOCc2ccccc2)cc(S(C)(=O)=O)c1. The second-order valence-electron chi connectivity index (χ2n) is 6.97. The van der Waals surface area contributed by atoms with Crippen molar-refractivity contribution in [2.24, 2.45) is 4.99 Å². The predicted octanol–water partition coefficient (Wildman–Crippen LogP) is 5.10. The van der Waals surface area contributed by atoms with Gasteiger partial charge in [-0.1, -0.05) is 41.9 Å². The van der Waals surface area contributed by atoms with Crippen LogP contribution in [0.3, 0.4) is 0 Å². The lowest BCUT2D eigenvalue weighted by Gasteiger charge is -2.10. The Morgan fingerprint density at radius 1 is 1.00 bits per heavy atom. The van der Waals surface area contributed by atoms with Gasteiger partial charge in [0.05, 0.1) is 30.9 Å². The number of halogens is 1. The van der Waals surface area contributed by atoms with Crippen LogP contribution in [-0.4, -0.2) is 41.2 Å². The molecule has 0 saturated heterocycles. The first kappa shape index (κ1) is 23.8. The molecule has 0 radical (unpaired) electrons. The molecule has 0 aliphatic heterocycles. The molecule has 3 rings (SSSR count). The summed E-state index contributed by atoms with van der Waals surface area (Å²) in [6, 6.07) is 19.7. The number of sulfone groups is 1. The van der Waals surface area contributed by atoms with E-state index in [9.17, 15) is 8.42 Å². The Hall–Kier alpha value is -2.87. The maximum Gasteiger partial charge on any atom is 0.175 e. The number of benzene rings is 3. The number of hydrogen-bond acceptors (Lipinski definition) is 6. The molecule has 32 heavy (non-hydrogen) atoms. The summed E-state index contributed by atoms with van der Waals surface area (Å²) in [7, 11) is -1.93. The van der Waals surface area contributed by atoms with Crippen LogP contribution in [0, 0.1) is 0 Å². The van der Waals surface area contributed by atoms with E-state index < -0.39 is 9.84 Å².